The molecule has 3 heteroatoms. The summed E-state index contributed by atoms with van der Waals surface area (Å²) in [5.74, 6) is 0.523. The van der Waals surface area contributed by atoms with Gasteiger partial charge in [0.1, 0.15) is 0 Å². The second-order valence-corrected chi connectivity index (χ2v) is 5.77. The smallest absolute Gasteiger partial charge is 0.0472 e. The fourth-order valence-corrected chi connectivity index (χ4v) is 2.32. The largest absolute Gasteiger partial charge is 0.381 e. The Bertz CT molecular complexity index is 362. The highest BCUT2D eigenvalue weighted by Crippen LogP contribution is 2.24. The third-order valence-corrected chi connectivity index (χ3v) is 3.78. The van der Waals surface area contributed by atoms with Gasteiger partial charge in [0, 0.05) is 30.8 Å². The Labute approximate surface area is 121 Å². The standard InChI is InChI=1S/C16H24ClNO/c1-2-10-19-11-9-14(12-18-16-7-8-16)13-3-5-15(17)6-4-13/h3-6,14,16,18H,2,7-12H2,1H3. The molecule has 0 radical (unpaired) electrons. The number of rotatable bonds is 9. The van der Waals surface area contributed by atoms with Crippen LogP contribution in [0, 0.1) is 0 Å². The molecule has 1 aliphatic rings. The summed E-state index contributed by atoms with van der Waals surface area (Å²) in [7, 11) is 0. The molecule has 1 atom stereocenters. The van der Waals surface area contributed by atoms with Gasteiger partial charge in [0.25, 0.3) is 0 Å². The lowest BCUT2D eigenvalue weighted by atomic mass is 9.96. The van der Waals surface area contributed by atoms with E-state index in [9.17, 15) is 0 Å². The molecule has 1 fully saturated rings. The van der Waals surface area contributed by atoms with Gasteiger partial charge < -0.3 is 10.1 Å². The minimum Gasteiger partial charge on any atom is -0.381 e. The molecule has 19 heavy (non-hydrogen) atoms. The van der Waals surface area contributed by atoms with Crippen molar-refractivity contribution in [2.45, 2.75) is 44.6 Å². The van der Waals surface area contributed by atoms with Crippen LogP contribution in [0.5, 0.6) is 0 Å². The van der Waals surface area contributed by atoms with Crippen LogP contribution in [0.4, 0.5) is 0 Å². The Morgan fingerprint density at radius 2 is 2.00 bits per heavy atom. The zero-order valence-corrected chi connectivity index (χ0v) is 12.5. The summed E-state index contributed by atoms with van der Waals surface area (Å²) in [6.45, 7) is 4.89. The highest BCUT2D eigenvalue weighted by Gasteiger charge is 2.22. The Balaban J connectivity index is 1.85. The van der Waals surface area contributed by atoms with Crippen LogP contribution in [0.25, 0.3) is 0 Å². The van der Waals surface area contributed by atoms with Crippen LogP contribution < -0.4 is 5.32 Å². The van der Waals surface area contributed by atoms with Gasteiger partial charge in [-0.1, -0.05) is 30.7 Å². The zero-order valence-electron chi connectivity index (χ0n) is 11.7. The van der Waals surface area contributed by atoms with Crippen LogP contribution in [0.2, 0.25) is 5.02 Å². The summed E-state index contributed by atoms with van der Waals surface area (Å²) in [5, 5.41) is 4.43. The van der Waals surface area contributed by atoms with Gasteiger partial charge in [-0.25, -0.2) is 0 Å². The molecule has 2 rings (SSSR count). The summed E-state index contributed by atoms with van der Waals surface area (Å²) < 4.78 is 5.63. The number of nitrogens with one attached hydrogen (secondary N) is 1. The van der Waals surface area contributed by atoms with E-state index in [1.807, 2.05) is 12.1 Å². The molecule has 1 aromatic rings. The molecule has 106 valence electrons. The second-order valence-electron chi connectivity index (χ2n) is 5.33. The molecule has 1 saturated carbocycles. The van der Waals surface area contributed by atoms with E-state index in [-0.39, 0.29) is 0 Å². The number of hydrogen-bond acceptors (Lipinski definition) is 2. The molecule has 2 nitrogen and oxygen atoms in total. The average Bonchev–Trinajstić information content (AvgIpc) is 3.23. The molecule has 0 heterocycles. The van der Waals surface area contributed by atoms with E-state index in [0.29, 0.717) is 5.92 Å². The predicted molar refractivity (Wildman–Crippen MR) is 80.9 cm³/mol. The van der Waals surface area contributed by atoms with Crippen LogP contribution in [-0.4, -0.2) is 25.8 Å². The Hall–Kier alpha value is -0.570. The molecule has 0 spiro atoms. The SMILES string of the molecule is CCCOCCC(CNC1CC1)c1ccc(Cl)cc1. The third kappa shape index (κ3) is 5.52. The lowest BCUT2D eigenvalue weighted by Crippen LogP contribution is -2.24. The van der Waals surface area contributed by atoms with E-state index in [1.165, 1.54) is 18.4 Å². The highest BCUT2D eigenvalue weighted by atomic mass is 35.5. The van der Waals surface area contributed by atoms with Gasteiger partial charge >= 0.3 is 0 Å². The Morgan fingerprint density at radius 3 is 2.63 bits per heavy atom. The van der Waals surface area contributed by atoms with Crippen molar-refractivity contribution < 1.29 is 4.74 Å². The highest BCUT2D eigenvalue weighted by molar-refractivity contribution is 6.30. The molecule has 0 saturated heterocycles. The van der Waals surface area contributed by atoms with E-state index in [0.717, 1.165) is 43.7 Å². The molecule has 0 aromatic heterocycles. The van der Waals surface area contributed by atoms with Crippen LogP contribution >= 0.6 is 11.6 Å². The molecule has 1 unspecified atom stereocenters. The molecule has 0 aliphatic heterocycles. The van der Waals surface area contributed by atoms with Gasteiger partial charge in [0.2, 0.25) is 0 Å². The van der Waals surface area contributed by atoms with Crippen molar-refractivity contribution in [1.82, 2.24) is 5.32 Å². The van der Waals surface area contributed by atoms with Crippen molar-refractivity contribution >= 4 is 11.6 Å². The monoisotopic (exact) mass is 281 g/mol. The molecule has 1 aliphatic carbocycles. The van der Waals surface area contributed by atoms with Crippen LogP contribution in [0.3, 0.4) is 0 Å². The fourth-order valence-electron chi connectivity index (χ4n) is 2.19. The molecular weight excluding hydrogens is 258 g/mol. The van der Waals surface area contributed by atoms with Crippen LogP contribution in [0.15, 0.2) is 24.3 Å². The first-order valence-electron chi connectivity index (χ1n) is 7.36. The van der Waals surface area contributed by atoms with Gasteiger partial charge in [-0.15, -0.1) is 0 Å². The zero-order chi connectivity index (χ0) is 13.5. The average molecular weight is 282 g/mol. The maximum atomic E-state index is 5.96. The first-order chi connectivity index (χ1) is 9.29. The molecule has 0 amide bonds. The van der Waals surface area contributed by atoms with Crippen LogP contribution in [-0.2, 0) is 4.74 Å². The van der Waals surface area contributed by atoms with Crippen molar-refractivity contribution in [1.29, 1.82) is 0 Å². The van der Waals surface area contributed by atoms with Crippen LogP contribution in [0.1, 0.15) is 44.1 Å². The minimum absolute atomic E-state index is 0.523. The summed E-state index contributed by atoms with van der Waals surface area (Å²) in [4.78, 5) is 0. The quantitative estimate of drug-likeness (QED) is 0.691. The normalized spacial score (nSPS) is 16.5. The number of benzene rings is 1. The predicted octanol–water partition coefficient (Wildman–Crippen LogP) is 3.99. The summed E-state index contributed by atoms with van der Waals surface area (Å²) in [6.07, 6.45) is 4.83. The second kappa shape index (κ2) is 7.88. The van der Waals surface area contributed by atoms with E-state index in [1.54, 1.807) is 0 Å². The topological polar surface area (TPSA) is 21.3 Å². The maximum Gasteiger partial charge on any atom is 0.0472 e. The minimum atomic E-state index is 0.523. The maximum absolute atomic E-state index is 5.96. The van der Waals surface area contributed by atoms with Crippen molar-refractivity contribution in [3.63, 3.8) is 0 Å². The third-order valence-electron chi connectivity index (χ3n) is 3.53. The van der Waals surface area contributed by atoms with E-state index >= 15 is 0 Å². The lowest BCUT2D eigenvalue weighted by molar-refractivity contribution is 0.127. The number of ether oxygens (including phenoxy) is 1. The first kappa shape index (κ1) is 14.8. The summed E-state index contributed by atoms with van der Waals surface area (Å²) in [6, 6.07) is 9.00. The van der Waals surface area contributed by atoms with Gasteiger partial charge in [0.15, 0.2) is 0 Å². The van der Waals surface area contributed by atoms with Gasteiger partial charge in [-0.2, -0.15) is 0 Å². The van der Waals surface area contributed by atoms with Crippen molar-refractivity contribution in [2.24, 2.45) is 0 Å². The fraction of sp³-hybridized carbons (Fsp3) is 0.625. The Morgan fingerprint density at radius 1 is 1.26 bits per heavy atom. The lowest BCUT2D eigenvalue weighted by Gasteiger charge is -2.18. The van der Waals surface area contributed by atoms with Gasteiger partial charge in [-0.3, -0.25) is 0 Å². The van der Waals surface area contributed by atoms with Crippen molar-refractivity contribution in [2.75, 3.05) is 19.8 Å². The van der Waals surface area contributed by atoms with E-state index < -0.39 is 0 Å². The molecule has 0 bridgehead atoms. The first-order valence-corrected chi connectivity index (χ1v) is 7.74. The van der Waals surface area contributed by atoms with E-state index in [2.05, 4.69) is 24.4 Å². The van der Waals surface area contributed by atoms with Crippen molar-refractivity contribution in [3.05, 3.63) is 34.9 Å². The van der Waals surface area contributed by atoms with E-state index in [4.69, 9.17) is 16.3 Å². The molecular formula is C16H24ClNO. The van der Waals surface area contributed by atoms with Gasteiger partial charge in [0.05, 0.1) is 0 Å². The number of hydrogen-bond donors (Lipinski definition) is 1. The summed E-state index contributed by atoms with van der Waals surface area (Å²) >= 11 is 5.96. The van der Waals surface area contributed by atoms with Crippen molar-refractivity contribution in [3.8, 4) is 0 Å². The Kier molecular flexibility index (Phi) is 6.15. The molecule has 1 N–H and O–H groups in total. The van der Waals surface area contributed by atoms with Gasteiger partial charge in [-0.05, 0) is 49.3 Å². The summed E-state index contributed by atoms with van der Waals surface area (Å²) in [5.41, 5.74) is 1.36. The molecule has 1 aromatic carbocycles. The number of halogens is 1.